The minimum Gasteiger partial charge on any atom is -0.460 e. The number of hydrogen-bond acceptors (Lipinski definition) is 10. The van der Waals surface area contributed by atoms with Crippen molar-refractivity contribution in [2.75, 3.05) is 36.5 Å². The number of rotatable bonds is 6. The molecular weight excluding hydrogens is 398 g/mol. The van der Waals surface area contributed by atoms with Gasteiger partial charge < -0.3 is 25.4 Å². The molecule has 11 heteroatoms. The van der Waals surface area contributed by atoms with Crippen LogP contribution >= 0.6 is 0 Å². The molecule has 162 valence electrons. The monoisotopic (exact) mass is 423 g/mol. The summed E-state index contributed by atoms with van der Waals surface area (Å²) in [7, 11) is 0. The van der Waals surface area contributed by atoms with Crippen LogP contribution in [0.15, 0.2) is 23.3 Å². The summed E-state index contributed by atoms with van der Waals surface area (Å²) < 4.78 is 11.5. The Labute approximate surface area is 180 Å². The van der Waals surface area contributed by atoms with E-state index >= 15 is 0 Å². The van der Waals surface area contributed by atoms with E-state index in [1.165, 1.54) is 6.34 Å². The first-order valence-electron chi connectivity index (χ1n) is 10.4. The molecule has 2 aliphatic rings. The van der Waals surface area contributed by atoms with Gasteiger partial charge in [-0.15, -0.1) is 0 Å². The fraction of sp³-hybridized carbons (Fsp3) is 0.500. The number of nitrogens with one attached hydrogen (secondary N) is 1. The van der Waals surface area contributed by atoms with E-state index in [0.29, 0.717) is 36.7 Å². The van der Waals surface area contributed by atoms with Gasteiger partial charge in [0.05, 0.1) is 19.6 Å². The van der Waals surface area contributed by atoms with Crippen molar-refractivity contribution in [2.45, 2.75) is 37.8 Å². The molecule has 31 heavy (non-hydrogen) atoms. The van der Waals surface area contributed by atoms with E-state index in [1.807, 2.05) is 6.07 Å². The lowest BCUT2D eigenvalue weighted by Crippen LogP contribution is -2.37. The molecule has 3 N–H and O–H groups in total. The van der Waals surface area contributed by atoms with Crippen molar-refractivity contribution < 1.29 is 9.47 Å². The number of ether oxygens (including phenoxy) is 2. The predicted molar refractivity (Wildman–Crippen MR) is 114 cm³/mol. The maximum absolute atomic E-state index is 8.98. The molecule has 0 amide bonds. The summed E-state index contributed by atoms with van der Waals surface area (Å²) in [5.41, 5.74) is 5.81. The van der Waals surface area contributed by atoms with Gasteiger partial charge in [0.25, 0.3) is 0 Å². The summed E-state index contributed by atoms with van der Waals surface area (Å²) in [4.78, 5) is 23.6. The fourth-order valence-corrected chi connectivity index (χ4v) is 3.70. The summed E-state index contributed by atoms with van der Waals surface area (Å²) in [5.74, 6) is 1.71. The summed E-state index contributed by atoms with van der Waals surface area (Å²) >= 11 is 0. The van der Waals surface area contributed by atoms with Crippen molar-refractivity contribution in [3.8, 4) is 12.1 Å². The maximum atomic E-state index is 8.98. The van der Waals surface area contributed by atoms with Crippen molar-refractivity contribution in [3.05, 3.63) is 24.0 Å². The molecular formula is C20H25N9O2. The van der Waals surface area contributed by atoms with Gasteiger partial charge in [-0.25, -0.2) is 15.0 Å². The summed E-state index contributed by atoms with van der Waals surface area (Å²) in [6.07, 6.45) is 6.29. The van der Waals surface area contributed by atoms with Crippen LogP contribution in [0.5, 0.6) is 6.01 Å². The minimum absolute atomic E-state index is 0.0130. The van der Waals surface area contributed by atoms with E-state index in [2.05, 4.69) is 35.1 Å². The van der Waals surface area contributed by atoms with Crippen LogP contribution in [-0.4, -0.2) is 64.7 Å². The van der Waals surface area contributed by atoms with Gasteiger partial charge in [0.2, 0.25) is 5.95 Å². The number of aliphatic imine (C=N–C) groups is 1. The number of aromatic nitrogens is 4. The Balaban J connectivity index is 1.37. The minimum atomic E-state index is 0.0130. The van der Waals surface area contributed by atoms with E-state index in [9.17, 15) is 0 Å². The molecule has 1 saturated carbocycles. The SMILES string of the molecule is N#Cc1ccnc(NC2CCC(Oc3nc(/N=C\N)cc(N4CCOCC4)n3)CC2)n1. The Morgan fingerprint density at radius 1 is 1.23 bits per heavy atom. The lowest BCUT2D eigenvalue weighted by atomic mass is 9.93. The second-order valence-corrected chi connectivity index (χ2v) is 7.36. The van der Waals surface area contributed by atoms with Crippen LogP contribution in [0.25, 0.3) is 0 Å². The van der Waals surface area contributed by atoms with E-state index in [-0.39, 0.29) is 12.1 Å². The third kappa shape index (κ3) is 5.55. The zero-order chi connectivity index (χ0) is 21.5. The molecule has 1 saturated heterocycles. The molecule has 1 aliphatic carbocycles. The molecule has 0 atom stereocenters. The van der Waals surface area contributed by atoms with Gasteiger partial charge in [-0.3, -0.25) is 0 Å². The number of hydrogen-bond donors (Lipinski definition) is 2. The average Bonchev–Trinajstić information content (AvgIpc) is 2.81. The molecule has 0 radical (unpaired) electrons. The highest BCUT2D eigenvalue weighted by atomic mass is 16.5. The second kappa shape index (κ2) is 9.99. The lowest BCUT2D eigenvalue weighted by Gasteiger charge is -2.30. The fourth-order valence-electron chi connectivity index (χ4n) is 3.70. The van der Waals surface area contributed by atoms with Crippen molar-refractivity contribution in [1.82, 2.24) is 19.9 Å². The van der Waals surface area contributed by atoms with Gasteiger partial charge in [0, 0.05) is 31.4 Å². The predicted octanol–water partition coefficient (Wildman–Crippen LogP) is 1.40. The standard InChI is InChI=1S/C20H25N9O2/c21-12-15-5-6-23-19(26-15)25-14-1-3-16(4-2-14)31-20-27-17(24-13-22)11-18(28-20)29-7-9-30-10-8-29/h5-6,11,13-14,16H,1-4,7-10H2,(H,23,25,26)(H2,22,24,27,28). The number of morpholine rings is 1. The zero-order valence-electron chi connectivity index (χ0n) is 17.1. The van der Waals surface area contributed by atoms with E-state index in [1.54, 1.807) is 18.3 Å². The molecule has 0 spiro atoms. The highest BCUT2D eigenvalue weighted by Gasteiger charge is 2.24. The van der Waals surface area contributed by atoms with Gasteiger partial charge in [-0.05, 0) is 31.7 Å². The largest absolute Gasteiger partial charge is 0.460 e. The van der Waals surface area contributed by atoms with Gasteiger partial charge in [0.15, 0.2) is 5.82 Å². The van der Waals surface area contributed by atoms with Crippen LogP contribution in [-0.2, 0) is 4.74 Å². The van der Waals surface area contributed by atoms with Crippen LogP contribution < -0.4 is 20.7 Å². The Morgan fingerprint density at radius 3 is 2.77 bits per heavy atom. The second-order valence-electron chi connectivity index (χ2n) is 7.36. The van der Waals surface area contributed by atoms with Gasteiger partial charge in [-0.1, -0.05) is 0 Å². The Hall–Kier alpha value is -3.52. The highest BCUT2D eigenvalue weighted by molar-refractivity contribution is 5.59. The third-order valence-corrected chi connectivity index (χ3v) is 5.27. The zero-order valence-corrected chi connectivity index (χ0v) is 17.1. The molecule has 1 aliphatic heterocycles. The molecule has 3 heterocycles. The number of nitrogens with zero attached hydrogens (tertiary/aromatic N) is 7. The molecule has 2 fully saturated rings. The summed E-state index contributed by atoms with van der Waals surface area (Å²) in [6, 6.07) is 5.96. The van der Waals surface area contributed by atoms with E-state index in [0.717, 1.165) is 44.6 Å². The van der Waals surface area contributed by atoms with Crippen LogP contribution in [0.1, 0.15) is 31.4 Å². The topological polar surface area (TPSA) is 147 Å². The van der Waals surface area contributed by atoms with Crippen molar-refractivity contribution in [1.29, 1.82) is 5.26 Å². The van der Waals surface area contributed by atoms with E-state index in [4.69, 9.17) is 20.5 Å². The van der Waals surface area contributed by atoms with Gasteiger partial charge in [-0.2, -0.15) is 15.2 Å². The Bertz CT molecular complexity index is 948. The number of nitrogens with two attached hydrogens (primary N) is 1. The number of nitriles is 1. The normalized spacial score (nSPS) is 21.6. The maximum Gasteiger partial charge on any atom is 0.320 e. The first-order valence-corrected chi connectivity index (χ1v) is 10.4. The number of anilines is 2. The molecule has 4 rings (SSSR count). The molecule has 2 aromatic rings. The molecule has 2 aromatic heterocycles. The van der Waals surface area contributed by atoms with Crippen LogP contribution in [0.2, 0.25) is 0 Å². The van der Waals surface area contributed by atoms with Crippen LogP contribution in [0.4, 0.5) is 17.6 Å². The molecule has 11 nitrogen and oxygen atoms in total. The molecule has 0 bridgehead atoms. The lowest BCUT2D eigenvalue weighted by molar-refractivity contribution is 0.121. The first kappa shape index (κ1) is 20.7. The first-order chi connectivity index (χ1) is 15.2. The molecule has 0 unspecified atom stereocenters. The van der Waals surface area contributed by atoms with Crippen LogP contribution in [0.3, 0.4) is 0 Å². The summed E-state index contributed by atoms with van der Waals surface area (Å²) in [6.45, 7) is 2.84. The highest BCUT2D eigenvalue weighted by Crippen LogP contribution is 2.27. The smallest absolute Gasteiger partial charge is 0.320 e. The third-order valence-electron chi connectivity index (χ3n) is 5.27. The average molecular weight is 423 g/mol. The van der Waals surface area contributed by atoms with Crippen LogP contribution in [0, 0.1) is 11.3 Å². The Morgan fingerprint density at radius 2 is 2.03 bits per heavy atom. The quantitative estimate of drug-likeness (QED) is 0.516. The van der Waals surface area contributed by atoms with Crippen molar-refractivity contribution in [3.63, 3.8) is 0 Å². The van der Waals surface area contributed by atoms with E-state index < -0.39 is 0 Å². The van der Waals surface area contributed by atoms with Crippen molar-refractivity contribution in [2.24, 2.45) is 10.7 Å². The summed E-state index contributed by atoms with van der Waals surface area (Å²) in [5, 5.41) is 12.3. The van der Waals surface area contributed by atoms with Gasteiger partial charge >= 0.3 is 6.01 Å². The molecule has 0 aromatic carbocycles. The Kier molecular flexibility index (Phi) is 6.68. The van der Waals surface area contributed by atoms with Crippen molar-refractivity contribution >= 4 is 23.9 Å². The van der Waals surface area contributed by atoms with Gasteiger partial charge in [0.1, 0.15) is 23.7 Å².